The van der Waals surface area contributed by atoms with Crippen LogP contribution in [0.15, 0.2) is 60.9 Å². The van der Waals surface area contributed by atoms with E-state index in [1.807, 2.05) is 54.9 Å². The Balaban J connectivity index is 1.85. The molecule has 0 fully saturated rings. The molecule has 0 aliphatic carbocycles. The molecule has 6 heteroatoms. The molecule has 2 aromatic heterocycles. The molecule has 0 bridgehead atoms. The number of aliphatic hydroxyl groups is 1. The van der Waals surface area contributed by atoms with Crippen molar-refractivity contribution in [3.8, 4) is 0 Å². The van der Waals surface area contributed by atoms with Crippen LogP contribution in [0, 0.1) is 0 Å². The molecule has 1 aliphatic rings. The monoisotopic (exact) mass is 399 g/mol. The van der Waals surface area contributed by atoms with Crippen molar-refractivity contribution < 1.29 is 14.5 Å². The summed E-state index contributed by atoms with van der Waals surface area (Å²) in [5.41, 5.74) is 10.4. The number of para-hydroxylation sites is 2. The zero-order valence-corrected chi connectivity index (χ0v) is 16.7. The van der Waals surface area contributed by atoms with Gasteiger partial charge in [0, 0.05) is 51.9 Å². The number of aryl methyl sites for hydroxylation is 1. The Morgan fingerprint density at radius 3 is 2.53 bits per heavy atom. The van der Waals surface area contributed by atoms with Gasteiger partial charge in [0.15, 0.2) is 6.54 Å². The lowest BCUT2D eigenvalue weighted by Crippen LogP contribution is -2.28. The maximum absolute atomic E-state index is 13.5. The largest absolute Gasteiger partial charge is 0.459 e. The average molecular weight is 399 g/mol. The van der Waals surface area contributed by atoms with Crippen LogP contribution in [0.2, 0.25) is 0 Å². The second-order valence-electron chi connectivity index (χ2n) is 7.41. The lowest BCUT2D eigenvalue weighted by atomic mass is 9.95. The van der Waals surface area contributed by atoms with Crippen molar-refractivity contribution in [3.05, 3.63) is 72.1 Å². The molecule has 0 atom stereocenters. The Morgan fingerprint density at radius 1 is 1.03 bits per heavy atom. The first-order valence-electron chi connectivity index (χ1n) is 10.1. The molecular weight excluding hydrogens is 376 g/mol. The van der Waals surface area contributed by atoms with Crippen LogP contribution in [-0.4, -0.2) is 44.1 Å². The van der Waals surface area contributed by atoms with E-state index >= 15 is 0 Å². The molecule has 1 amide bonds. The number of hydrogen-bond acceptors (Lipinski definition) is 2. The summed E-state index contributed by atoms with van der Waals surface area (Å²) in [5, 5.41) is 13.1. The molecule has 0 saturated heterocycles. The maximum Gasteiger partial charge on any atom is 0.424 e. The van der Waals surface area contributed by atoms with Gasteiger partial charge in [-0.1, -0.05) is 36.4 Å². The number of aliphatic hydroxyl groups excluding tert-OH is 1. The normalized spacial score (nSPS) is 14.7. The number of rotatable bonds is 5. The average Bonchev–Trinajstić information content (AvgIpc) is 3.42. The van der Waals surface area contributed by atoms with E-state index in [9.17, 15) is 9.90 Å². The number of hydrogen-bond donors (Lipinski definition) is 3. The first kappa shape index (κ1) is 18.4. The molecule has 1 aliphatic heterocycles. The number of nitrogens with two attached hydrogens (primary N) is 1. The number of amides is 1. The summed E-state index contributed by atoms with van der Waals surface area (Å²) in [6, 6.07) is 15.9. The van der Waals surface area contributed by atoms with Crippen LogP contribution in [0.25, 0.3) is 33.0 Å². The van der Waals surface area contributed by atoms with E-state index in [-0.39, 0.29) is 24.9 Å². The SMILES string of the molecule is CCn1cc(C2=C(c3c[nH]c4ccccc34)C(O)=[N+](CCN)C2=O)c2ccccc21. The number of nitrogens with one attached hydrogen (secondary N) is 1. The van der Waals surface area contributed by atoms with Gasteiger partial charge >= 0.3 is 11.8 Å². The van der Waals surface area contributed by atoms with E-state index in [4.69, 9.17) is 5.73 Å². The Morgan fingerprint density at radius 2 is 1.77 bits per heavy atom. The molecule has 6 nitrogen and oxygen atoms in total. The predicted molar refractivity (Wildman–Crippen MR) is 120 cm³/mol. The van der Waals surface area contributed by atoms with E-state index in [2.05, 4.69) is 22.5 Å². The van der Waals surface area contributed by atoms with Gasteiger partial charge in [0.05, 0.1) is 6.54 Å². The van der Waals surface area contributed by atoms with Crippen LogP contribution in [0.5, 0.6) is 0 Å². The molecule has 4 aromatic rings. The minimum atomic E-state index is -0.225. The van der Waals surface area contributed by atoms with Crippen molar-refractivity contribution in [3.63, 3.8) is 0 Å². The second-order valence-corrected chi connectivity index (χ2v) is 7.41. The molecule has 0 spiro atoms. The third kappa shape index (κ3) is 2.54. The summed E-state index contributed by atoms with van der Waals surface area (Å²) in [7, 11) is 0. The molecule has 150 valence electrons. The zero-order chi connectivity index (χ0) is 20.8. The highest BCUT2D eigenvalue weighted by atomic mass is 16.3. The summed E-state index contributed by atoms with van der Waals surface area (Å²) in [4.78, 5) is 16.8. The minimum Gasteiger partial charge on any atom is -0.459 e. The number of H-pyrrole nitrogens is 1. The van der Waals surface area contributed by atoms with Gasteiger partial charge in [-0.2, -0.15) is 0 Å². The molecule has 5 rings (SSSR count). The van der Waals surface area contributed by atoms with Crippen molar-refractivity contribution in [1.29, 1.82) is 0 Å². The Labute approximate surface area is 173 Å². The minimum absolute atomic E-state index is 0.0430. The first-order chi connectivity index (χ1) is 14.7. The summed E-state index contributed by atoms with van der Waals surface area (Å²) in [6.45, 7) is 3.38. The first-order valence-corrected chi connectivity index (χ1v) is 10.1. The Kier molecular flexibility index (Phi) is 4.29. The smallest absolute Gasteiger partial charge is 0.424 e. The number of nitrogens with zero attached hydrogens (tertiary/aromatic N) is 2. The number of fused-ring (bicyclic) bond motifs is 2. The van der Waals surface area contributed by atoms with Crippen molar-refractivity contribution in [2.45, 2.75) is 13.5 Å². The van der Waals surface area contributed by atoms with Gasteiger partial charge in [-0.05, 0) is 19.1 Å². The summed E-state index contributed by atoms with van der Waals surface area (Å²) >= 11 is 0. The van der Waals surface area contributed by atoms with Crippen LogP contribution in [0.3, 0.4) is 0 Å². The van der Waals surface area contributed by atoms with E-state index in [0.29, 0.717) is 11.1 Å². The molecule has 0 unspecified atom stereocenters. The molecule has 30 heavy (non-hydrogen) atoms. The Bertz CT molecular complexity index is 1370. The molecule has 0 saturated carbocycles. The number of carbonyl (C=O) groups is 1. The maximum atomic E-state index is 13.5. The van der Waals surface area contributed by atoms with Crippen LogP contribution >= 0.6 is 0 Å². The van der Waals surface area contributed by atoms with Crippen molar-refractivity contribution >= 4 is 44.8 Å². The van der Waals surface area contributed by atoms with Gasteiger partial charge in [0.1, 0.15) is 11.1 Å². The molecule has 2 aromatic carbocycles. The number of carbonyl (C=O) groups excluding carboxylic acids is 1. The predicted octanol–water partition coefficient (Wildman–Crippen LogP) is 3.52. The molecule has 4 N–H and O–H groups in total. The standard InChI is InChI=1S/C24H22N4O2/c1-2-27-14-18(16-8-4-6-10-20(16)27)22-21(23(29)28(12-11-25)24(22)30)17-13-26-19-9-5-3-7-15(17)19/h3-10,13-14H,2,11-12,25H2,1H3,(H,26,30)/p+1. The van der Waals surface area contributed by atoms with Crippen molar-refractivity contribution in [2.24, 2.45) is 5.73 Å². The third-order valence-corrected chi connectivity index (χ3v) is 5.80. The lowest BCUT2D eigenvalue weighted by Gasteiger charge is -2.01. The highest BCUT2D eigenvalue weighted by Gasteiger charge is 2.43. The topological polar surface area (TPSA) is 87.1 Å². The number of benzene rings is 2. The lowest BCUT2D eigenvalue weighted by molar-refractivity contribution is -0.444. The zero-order valence-electron chi connectivity index (χ0n) is 16.7. The van der Waals surface area contributed by atoms with E-state index in [1.165, 1.54) is 4.58 Å². The third-order valence-electron chi connectivity index (χ3n) is 5.80. The summed E-state index contributed by atoms with van der Waals surface area (Å²) in [5.74, 6) is -0.268. The fraction of sp³-hybridized carbons (Fsp3) is 0.167. The Hall–Kier alpha value is -3.64. The van der Waals surface area contributed by atoms with Gasteiger partial charge in [-0.25, -0.2) is 4.79 Å². The fourth-order valence-corrected chi connectivity index (χ4v) is 4.41. The second kappa shape index (κ2) is 7.00. The highest BCUT2D eigenvalue weighted by Crippen LogP contribution is 2.39. The van der Waals surface area contributed by atoms with Gasteiger partial charge < -0.3 is 20.4 Å². The molecular formula is C24H23N4O2+. The number of aromatic nitrogens is 2. The molecule has 0 radical (unpaired) electrons. The van der Waals surface area contributed by atoms with Crippen LogP contribution < -0.4 is 5.73 Å². The van der Waals surface area contributed by atoms with E-state index < -0.39 is 0 Å². The van der Waals surface area contributed by atoms with Crippen molar-refractivity contribution in [2.75, 3.05) is 13.1 Å². The summed E-state index contributed by atoms with van der Waals surface area (Å²) < 4.78 is 3.50. The van der Waals surface area contributed by atoms with Gasteiger partial charge in [0.25, 0.3) is 0 Å². The highest BCUT2D eigenvalue weighted by molar-refractivity contribution is 6.43. The van der Waals surface area contributed by atoms with Gasteiger partial charge in [0.2, 0.25) is 0 Å². The quantitative estimate of drug-likeness (QED) is 0.449. The van der Waals surface area contributed by atoms with Gasteiger partial charge in [-0.3, -0.25) is 0 Å². The number of aromatic amines is 1. The van der Waals surface area contributed by atoms with E-state index in [1.54, 1.807) is 0 Å². The van der Waals surface area contributed by atoms with Crippen molar-refractivity contribution in [1.82, 2.24) is 9.55 Å². The van der Waals surface area contributed by atoms with Crippen LogP contribution in [-0.2, 0) is 11.3 Å². The van der Waals surface area contributed by atoms with Crippen LogP contribution in [0.1, 0.15) is 18.1 Å². The summed E-state index contributed by atoms with van der Waals surface area (Å²) in [6.07, 6.45) is 3.86. The van der Waals surface area contributed by atoms with Gasteiger partial charge in [-0.15, -0.1) is 4.58 Å². The van der Waals surface area contributed by atoms with E-state index in [0.717, 1.165) is 39.5 Å². The fourth-order valence-electron chi connectivity index (χ4n) is 4.41. The van der Waals surface area contributed by atoms with Crippen LogP contribution in [0.4, 0.5) is 0 Å². The molecule has 3 heterocycles.